The minimum atomic E-state index is 0.805. The molecule has 0 aliphatic carbocycles. The fraction of sp³-hybridized carbons (Fsp3) is 0. The second-order valence-electron chi connectivity index (χ2n) is 6.97. The zero-order valence-electron chi connectivity index (χ0n) is 17.2. The van der Waals surface area contributed by atoms with E-state index in [1.165, 1.54) is 0 Å². The maximum atomic E-state index is 4.55. The molecule has 0 bridgehead atoms. The zero-order valence-corrected chi connectivity index (χ0v) is 17.2. The average Bonchev–Trinajstić information content (AvgIpc) is 2.88. The summed E-state index contributed by atoms with van der Waals surface area (Å²) in [5, 5.41) is 0. The number of anilines is 6. The first kappa shape index (κ1) is 19.4. The minimum absolute atomic E-state index is 0.805. The van der Waals surface area contributed by atoms with Gasteiger partial charge in [0.05, 0.1) is 0 Å². The standard InChI is InChI=1S/C26H20N6/c1-3-15-29-25(5-1)32(26-6-2-4-16-30-26)22-9-7-21(8-10-22)31(23-11-17-27-18-12-23)24-13-19-28-20-14-24/h1-20H. The Morgan fingerprint density at radius 1 is 0.375 bits per heavy atom. The molecule has 0 radical (unpaired) electrons. The number of rotatable bonds is 6. The van der Waals surface area contributed by atoms with E-state index < -0.39 is 0 Å². The Balaban J connectivity index is 1.57. The molecule has 0 fully saturated rings. The van der Waals surface area contributed by atoms with Gasteiger partial charge in [0, 0.05) is 59.9 Å². The molecule has 0 saturated heterocycles. The monoisotopic (exact) mass is 416 g/mol. The lowest BCUT2D eigenvalue weighted by Crippen LogP contribution is -2.13. The Morgan fingerprint density at radius 3 is 1.19 bits per heavy atom. The van der Waals surface area contributed by atoms with Gasteiger partial charge in [0.2, 0.25) is 0 Å². The Labute approximate surface area is 186 Å². The van der Waals surface area contributed by atoms with E-state index in [1.807, 2.05) is 65.6 Å². The molecule has 6 nitrogen and oxygen atoms in total. The third-order valence-electron chi connectivity index (χ3n) is 4.96. The lowest BCUT2D eigenvalue weighted by molar-refractivity contribution is 1.12. The first-order valence-corrected chi connectivity index (χ1v) is 10.2. The van der Waals surface area contributed by atoms with Crippen molar-refractivity contribution < 1.29 is 0 Å². The molecule has 0 N–H and O–H groups in total. The average molecular weight is 416 g/mol. The van der Waals surface area contributed by atoms with Gasteiger partial charge in [0.25, 0.3) is 0 Å². The summed E-state index contributed by atoms with van der Waals surface area (Å²) in [6.07, 6.45) is 10.7. The summed E-state index contributed by atoms with van der Waals surface area (Å²) in [7, 11) is 0. The third kappa shape index (κ3) is 4.02. The van der Waals surface area contributed by atoms with E-state index in [0.29, 0.717) is 0 Å². The summed E-state index contributed by atoms with van der Waals surface area (Å²) in [5.74, 6) is 1.61. The summed E-state index contributed by atoms with van der Waals surface area (Å²) >= 11 is 0. The Morgan fingerprint density at radius 2 is 0.781 bits per heavy atom. The van der Waals surface area contributed by atoms with Crippen molar-refractivity contribution in [3.05, 3.63) is 122 Å². The molecule has 6 heteroatoms. The van der Waals surface area contributed by atoms with E-state index >= 15 is 0 Å². The zero-order chi connectivity index (χ0) is 21.6. The molecule has 0 aliphatic rings. The Hall–Kier alpha value is -4.58. The molecule has 0 aliphatic heterocycles. The summed E-state index contributed by atoms with van der Waals surface area (Å²) in [6, 6.07) is 28.0. The summed E-state index contributed by atoms with van der Waals surface area (Å²) < 4.78 is 0. The SMILES string of the molecule is c1ccc(N(c2ccc(N(c3ccncc3)c3ccncc3)cc2)c2ccccn2)nc1. The fourth-order valence-corrected chi connectivity index (χ4v) is 3.54. The molecule has 1 aromatic carbocycles. The van der Waals surface area contributed by atoms with Gasteiger partial charge in [-0.25, -0.2) is 9.97 Å². The van der Waals surface area contributed by atoms with Crippen LogP contribution >= 0.6 is 0 Å². The smallest absolute Gasteiger partial charge is 0.138 e. The highest BCUT2D eigenvalue weighted by molar-refractivity contribution is 5.79. The maximum Gasteiger partial charge on any atom is 0.138 e. The number of hydrogen-bond acceptors (Lipinski definition) is 6. The van der Waals surface area contributed by atoms with Crippen LogP contribution in [0, 0.1) is 0 Å². The number of aromatic nitrogens is 4. The molecular formula is C26H20N6. The highest BCUT2D eigenvalue weighted by Gasteiger charge is 2.16. The first-order valence-electron chi connectivity index (χ1n) is 10.2. The van der Waals surface area contributed by atoms with Crippen LogP contribution in [-0.2, 0) is 0 Å². The van der Waals surface area contributed by atoms with Crippen molar-refractivity contribution in [3.63, 3.8) is 0 Å². The van der Waals surface area contributed by atoms with Gasteiger partial charge in [-0.2, -0.15) is 0 Å². The lowest BCUT2D eigenvalue weighted by atomic mass is 10.2. The Bertz CT molecular complexity index is 1070. The number of benzene rings is 1. The van der Waals surface area contributed by atoms with Gasteiger partial charge in [-0.05, 0) is 72.8 Å². The number of hydrogen-bond donors (Lipinski definition) is 0. The second-order valence-corrected chi connectivity index (χ2v) is 6.97. The highest BCUT2D eigenvalue weighted by Crippen LogP contribution is 2.37. The molecule has 4 aromatic heterocycles. The molecule has 0 unspecified atom stereocenters. The van der Waals surface area contributed by atoms with E-state index in [4.69, 9.17) is 0 Å². The van der Waals surface area contributed by atoms with Gasteiger partial charge >= 0.3 is 0 Å². The van der Waals surface area contributed by atoms with Crippen molar-refractivity contribution in [3.8, 4) is 0 Å². The van der Waals surface area contributed by atoms with Crippen molar-refractivity contribution in [1.29, 1.82) is 0 Å². The van der Waals surface area contributed by atoms with Crippen LogP contribution in [0.3, 0.4) is 0 Å². The van der Waals surface area contributed by atoms with Crippen LogP contribution in [0.25, 0.3) is 0 Å². The summed E-state index contributed by atoms with van der Waals surface area (Å²) in [6.45, 7) is 0. The van der Waals surface area contributed by atoms with E-state index in [2.05, 4.69) is 49.1 Å². The van der Waals surface area contributed by atoms with Gasteiger partial charge < -0.3 is 4.90 Å². The van der Waals surface area contributed by atoms with Crippen LogP contribution in [0.1, 0.15) is 0 Å². The second kappa shape index (κ2) is 9.06. The molecule has 154 valence electrons. The first-order chi connectivity index (χ1) is 15.9. The molecule has 32 heavy (non-hydrogen) atoms. The molecule has 5 aromatic rings. The maximum absolute atomic E-state index is 4.55. The van der Waals surface area contributed by atoms with Crippen LogP contribution in [0.2, 0.25) is 0 Å². The molecule has 0 saturated carbocycles. The van der Waals surface area contributed by atoms with Crippen LogP contribution < -0.4 is 9.80 Å². The van der Waals surface area contributed by atoms with Crippen molar-refractivity contribution >= 4 is 34.4 Å². The fourth-order valence-electron chi connectivity index (χ4n) is 3.54. The van der Waals surface area contributed by atoms with Crippen LogP contribution in [0.4, 0.5) is 34.4 Å². The van der Waals surface area contributed by atoms with E-state index in [0.717, 1.165) is 34.4 Å². The van der Waals surface area contributed by atoms with Crippen LogP contribution in [0.15, 0.2) is 122 Å². The van der Waals surface area contributed by atoms with Crippen molar-refractivity contribution in [2.75, 3.05) is 9.80 Å². The highest BCUT2D eigenvalue weighted by atomic mass is 15.2. The minimum Gasteiger partial charge on any atom is -0.310 e. The predicted molar refractivity (Wildman–Crippen MR) is 127 cm³/mol. The normalized spacial score (nSPS) is 10.5. The van der Waals surface area contributed by atoms with Crippen LogP contribution in [0.5, 0.6) is 0 Å². The van der Waals surface area contributed by atoms with Crippen molar-refractivity contribution in [1.82, 2.24) is 19.9 Å². The molecule has 0 atom stereocenters. The van der Waals surface area contributed by atoms with Gasteiger partial charge in [0.15, 0.2) is 0 Å². The van der Waals surface area contributed by atoms with E-state index in [-0.39, 0.29) is 0 Å². The molecule has 4 heterocycles. The molecule has 0 amide bonds. The van der Waals surface area contributed by atoms with E-state index in [9.17, 15) is 0 Å². The topological polar surface area (TPSA) is 58.0 Å². The largest absolute Gasteiger partial charge is 0.310 e. The summed E-state index contributed by atoms with van der Waals surface area (Å²) in [5.41, 5.74) is 4.03. The molecule has 5 rings (SSSR count). The van der Waals surface area contributed by atoms with Crippen LogP contribution in [-0.4, -0.2) is 19.9 Å². The van der Waals surface area contributed by atoms with E-state index in [1.54, 1.807) is 37.2 Å². The van der Waals surface area contributed by atoms with Gasteiger partial charge in [-0.3, -0.25) is 14.9 Å². The van der Waals surface area contributed by atoms with Gasteiger partial charge in [0.1, 0.15) is 11.6 Å². The number of nitrogens with zero attached hydrogens (tertiary/aromatic N) is 6. The molecular weight excluding hydrogens is 396 g/mol. The lowest BCUT2D eigenvalue weighted by Gasteiger charge is -2.27. The predicted octanol–water partition coefficient (Wildman–Crippen LogP) is 6.21. The summed E-state index contributed by atoms with van der Waals surface area (Å²) in [4.78, 5) is 21.6. The van der Waals surface area contributed by atoms with Crippen molar-refractivity contribution in [2.45, 2.75) is 0 Å². The van der Waals surface area contributed by atoms with Crippen molar-refractivity contribution in [2.24, 2.45) is 0 Å². The van der Waals surface area contributed by atoms with Gasteiger partial charge in [-0.15, -0.1) is 0 Å². The number of pyridine rings is 4. The Kier molecular flexibility index (Phi) is 5.49. The molecule has 0 spiro atoms. The quantitative estimate of drug-likeness (QED) is 0.328. The third-order valence-corrected chi connectivity index (χ3v) is 4.96. The van der Waals surface area contributed by atoms with Gasteiger partial charge in [-0.1, -0.05) is 12.1 Å².